The first kappa shape index (κ1) is 17.5. The number of nitrogens with zero attached hydrogens (tertiary/aromatic N) is 1. The van der Waals surface area contributed by atoms with Crippen LogP contribution in [0.1, 0.15) is 51.2 Å². The van der Waals surface area contributed by atoms with Gasteiger partial charge in [-0.1, -0.05) is 30.9 Å². The largest absolute Gasteiger partial charge is 0.494 e. The fourth-order valence-corrected chi connectivity index (χ4v) is 5.36. The number of amides is 2. The van der Waals surface area contributed by atoms with Crippen molar-refractivity contribution < 1.29 is 14.3 Å². The maximum Gasteiger partial charge on any atom is 0.264 e. The van der Waals surface area contributed by atoms with Gasteiger partial charge >= 0.3 is 0 Å². The van der Waals surface area contributed by atoms with Gasteiger partial charge in [0.05, 0.1) is 22.8 Å². The Labute approximate surface area is 162 Å². The summed E-state index contributed by atoms with van der Waals surface area (Å²) in [6.45, 7) is 8.80. The monoisotopic (exact) mass is 388 g/mol. The van der Waals surface area contributed by atoms with Gasteiger partial charge in [-0.2, -0.15) is 0 Å². The Morgan fingerprint density at radius 1 is 1.38 bits per heavy atom. The molecule has 4 rings (SSSR count). The summed E-state index contributed by atoms with van der Waals surface area (Å²) >= 11 is 6.28. The minimum Gasteiger partial charge on any atom is -0.494 e. The van der Waals surface area contributed by atoms with Crippen molar-refractivity contribution in [3.63, 3.8) is 0 Å². The molecule has 5 nitrogen and oxygen atoms in total. The van der Waals surface area contributed by atoms with E-state index in [1.807, 2.05) is 24.0 Å². The van der Waals surface area contributed by atoms with E-state index in [-0.39, 0.29) is 17.4 Å². The van der Waals surface area contributed by atoms with E-state index in [9.17, 15) is 9.59 Å². The van der Waals surface area contributed by atoms with Gasteiger partial charge in [0, 0.05) is 11.1 Å². The van der Waals surface area contributed by atoms with Gasteiger partial charge in [0.25, 0.3) is 11.8 Å². The van der Waals surface area contributed by atoms with Crippen LogP contribution in [-0.2, 0) is 9.59 Å². The van der Waals surface area contributed by atoms with Crippen LogP contribution in [0.4, 0.5) is 5.69 Å². The lowest BCUT2D eigenvalue weighted by atomic mass is 9.80. The maximum absolute atomic E-state index is 13.4. The van der Waals surface area contributed by atoms with Gasteiger partial charge in [-0.25, -0.2) is 0 Å². The molecule has 0 aromatic heterocycles. The van der Waals surface area contributed by atoms with Crippen molar-refractivity contribution in [3.05, 3.63) is 28.2 Å². The van der Waals surface area contributed by atoms with Crippen LogP contribution < -0.4 is 15.0 Å². The third kappa shape index (κ3) is 2.41. The summed E-state index contributed by atoms with van der Waals surface area (Å²) in [5.74, 6) is 0.587. The lowest BCUT2D eigenvalue weighted by Crippen LogP contribution is -2.49. The van der Waals surface area contributed by atoms with Crippen molar-refractivity contribution in [2.75, 3.05) is 11.5 Å². The van der Waals surface area contributed by atoms with Crippen molar-refractivity contribution in [3.8, 4) is 5.75 Å². The predicted molar refractivity (Wildman–Crippen MR) is 107 cm³/mol. The first-order valence-electron chi connectivity index (χ1n) is 8.67. The molecule has 0 spiro atoms. The Bertz CT molecular complexity index is 904. The number of thiocarbonyl (C=S) groups is 1. The van der Waals surface area contributed by atoms with E-state index in [2.05, 4.69) is 26.1 Å². The molecule has 1 aromatic carbocycles. The molecule has 1 N–H and O–H groups in total. The Morgan fingerprint density at radius 2 is 2.12 bits per heavy atom. The zero-order valence-corrected chi connectivity index (χ0v) is 16.8. The number of benzene rings is 1. The zero-order valence-electron chi connectivity index (χ0n) is 15.1. The van der Waals surface area contributed by atoms with Crippen LogP contribution in [0, 0.1) is 0 Å². The highest BCUT2D eigenvalue weighted by molar-refractivity contribution is 8.27. The number of carbonyl (C=O) groups is 2. The van der Waals surface area contributed by atoms with Gasteiger partial charge in [-0.3, -0.25) is 9.59 Å². The number of thioether (sulfide) groups is 1. The Balaban J connectivity index is 2.03. The fourth-order valence-electron chi connectivity index (χ4n) is 4.25. The number of nitrogens with one attached hydrogen (secondary N) is 1. The molecule has 7 heteroatoms. The highest BCUT2D eigenvalue weighted by atomic mass is 32.2. The number of ether oxygens (including phenoxy) is 1. The number of anilines is 1. The lowest BCUT2D eigenvalue weighted by Gasteiger charge is -2.43. The smallest absolute Gasteiger partial charge is 0.264 e. The number of hydrogen-bond donors (Lipinski definition) is 1. The summed E-state index contributed by atoms with van der Waals surface area (Å²) in [5.41, 5.74) is 2.90. The molecule has 1 unspecified atom stereocenters. The summed E-state index contributed by atoms with van der Waals surface area (Å²) in [6, 6.07) is 3.91. The first-order chi connectivity index (χ1) is 12.2. The molecule has 26 heavy (non-hydrogen) atoms. The number of carbonyl (C=O) groups excluding carboxylic acids is 2. The van der Waals surface area contributed by atoms with Crippen LogP contribution in [0.5, 0.6) is 5.75 Å². The summed E-state index contributed by atoms with van der Waals surface area (Å²) < 4.78 is 6.13. The van der Waals surface area contributed by atoms with Gasteiger partial charge in [0.1, 0.15) is 10.1 Å². The fraction of sp³-hybridized carbons (Fsp3) is 0.421. The molecular formula is C19H20N2O3S2. The van der Waals surface area contributed by atoms with E-state index >= 15 is 0 Å². The quantitative estimate of drug-likeness (QED) is 0.620. The van der Waals surface area contributed by atoms with Crippen molar-refractivity contribution in [1.82, 2.24) is 5.32 Å². The summed E-state index contributed by atoms with van der Waals surface area (Å²) in [6.07, 6.45) is 0.848. The molecule has 0 saturated carbocycles. The van der Waals surface area contributed by atoms with E-state index in [0.717, 1.165) is 40.7 Å². The normalized spacial score (nSPS) is 26.2. The lowest BCUT2D eigenvalue weighted by molar-refractivity contribution is -0.116. The molecule has 0 bridgehead atoms. The average Bonchev–Trinajstić information content (AvgIpc) is 3.01. The first-order valence-corrected chi connectivity index (χ1v) is 9.90. The predicted octanol–water partition coefficient (Wildman–Crippen LogP) is 3.58. The minimum atomic E-state index is -0.325. The van der Waals surface area contributed by atoms with Crippen molar-refractivity contribution in [2.24, 2.45) is 0 Å². The van der Waals surface area contributed by atoms with E-state index < -0.39 is 0 Å². The molecule has 1 aromatic rings. The van der Waals surface area contributed by atoms with E-state index in [1.54, 1.807) is 0 Å². The molecule has 2 amide bonds. The van der Waals surface area contributed by atoms with Crippen molar-refractivity contribution in [1.29, 1.82) is 0 Å². The second-order valence-corrected chi connectivity index (χ2v) is 9.13. The molecule has 136 valence electrons. The van der Waals surface area contributed by atoms with Crippen LogP contribution >= 0.6 is 24.0 Å². The summed E-state index contributed by atoms with van der Waals surface area (Å²) in [7, 11) is 0. The third-order valence-corrected chi connectivity index (χ3v) is 6.35. The van der Waals surface area contributed by atoms with Crippen LogP contribution in [0.25, 0.3) is 5.57 Å². The molecule has 3 aliphatic heterocycles. The summed E-state index contributed by atoms with van der Waals surface area (Å²) in [4.78, 5) is 28.0. The van der Waals surface area contributed by atoms with Crippen LogP contribution in [0.2, 0.25) is 0 Å². The minimum absolute atomic E-state index is 0.130. The second kappa shape index (κ2) is 5.82. The molecule has 0 radical (unpaired) electrons. The number of hydrogen-bond acceptors (Lipinski definition) is 5. The Morgan fingerprint density at radius 3 is 2.73 bits per heavy atom. The molecule has 1 saturated heterocycles. The average molecular weight is 389 g/mol. The SMILES string of the molecule is CCOc1cc2c3c(c1)C(C)CC(C)(C)N3C(=O)/C2=C1/SC(=S)NC1=O. The molecule has 3 aliphatic rings. The summed E-state index contributed by atoms with van der Waals surface area (Å²) in [5, 5.41) is 2.62. The Hall–Kier alpha value is -1.86. The topological polar surface area (TPSA) is 58.6 Å². The third-order valence-electron chi connectivity index (χ3n) is 5.12. The van der Waals surface area contributed by atoms with Gasteiger partial charge < -0.3 is 15.0 Å². The molecular weight excluding hydrogens is 368 g/mol. The highest BCUT2D eigenvalue weighted by Gasteiger charge is 2.49. The zero-order chi connectivity index (χ0) is 18.8. The molecule has 1 atom stereocenters. The van der Waals surface area contributed by atoms with Gasteiger partial charge in [-0.15, -0.1) is 0 Å². The molecule has 3 heterocycles. The van der Waals surface area contributed by atoms with Gasteiger partial charge in [0.2, 0.25) is 0 Å². The van der Waals surface area contributed by atoms with Gasteiger partial charge in [-0.05, 0) is 50.8 Å². The Kier molecular flexibility index (Phi) is 3.93. The molecule has 0 aliphatic carbocycles. The standard InChI is InChI=1S/C19H20N2O3S2/c1-5-24-10-6-11-9(2)8-19(3,4)21-14(11)12(7-10)13(17(21)23)15-16(22)20-18(25)26-15/h6-7,9H,5,8H2,1-4H3,(H,20,22,25)/b15-13+. The van der Waals surface area contributed by atoms with Crippen molar-refractivity contribution >= 4 is 51.4 Å². The maximum atomic E-state index is 13.4. The van der Waals surface area contributed by atoms with Crippen LogP contribution in [0.15, 0.2) is 17.0 Å². The van der Waals surface area contributed by atoms with E-state index in [4.69, 9.17) is 17.0 Å². The van der Waals surface area contributed by atoms with E-state index in [1.165, 1.54) is 0 Å². The van der Waals surface area contributed by atoms with Gasteiger partial charge in [0.15, 0.2) is 0 Å². The van der Waals surface area contributed by atoms with Crippen LogP contribution in [0.3, 0.4) is 0 Å². The second-order valence-electron chi connectivity index (χ2n) is 7.45. The van der Waals surface area contributed by atoms with E-state index in [0.29, 0.717) is 27.3 Å². The molecule has 1 fully saturated rings. The highest BCUT2D eigenvalue weighted by Crippen LogP contribution is 2.54. The van der Waals surface area contributed by atoms with Crippen LogP contribution in [-0.4, -0.2) is 28.3 Å². The number of rotatable bonds is 2. The van der Waals surface area contributed by atoms with Crippen molar-refractivity contribution in [2.45, 2.75) is 45.6 Å².